The van der Waals surface area contributed by atoms with E-state index in [2.05, 4.69) is 10.2 Å². The van der Waals surface area contributed by atoms with E-state index in [1.54, 1.807) is 12.1 Å². The molecule has 1 saturated carbocycles. The summed E-state index contributed by atoms with van der Waals surface area (Å²) in [5.74, 6) is 0.345. The summed E-state index contributed by atoms with van der Waals surface area (Å²) >= 11 is 0. The average molecular weight is 320 g/mol. The van der Waals surface area contributed by atoms with E-state index >= 15 is 0 Å². The normalized spacial score (nSPS) is 29.2. The third kappa shape index (κ3) is 3.56. The highest BCUT2D eigenvalue weighted by Gasteiger charge is 2.55. The van der Waals surface area contributed by atoms with Gasteiger partial charge in [0, 0.05) is 18.9 Å². The molecule has 0 unspecified atom stereocenters. The Hall–Kier alpha value is -1.46. The van der Waals surface area contributed by atoms with Gasteiger partial charge in [-0.1, -0.05) is 12.1 Å². The number of aryl methyl sites for hydroxylation is 1. The van der Waals surface area contributed by atoms with Crippen LogP contribution >= 0.6 is 0 Å². The predicted octanol–water partition coefficient (Wildman–Crippen LogP) is 1.98. The fraction of sp³-hybridized carbons (Fsp3) is 0.611. The van der Waals surface area contributed by atoms with Gasteiger partial charge in [-0.2, -0.15) is 0 Å². The number of rotatable bonds is 6. The highest BCUT2D eigenvalue weighted by molar-refractivity contribution is 5.76. The van der Waals surface area contributed by atoms with Crippen molar-refractivity contribution >= 4 is 5.91 Å². The van der Waals surface area contributed by atoms with Crippen LogP contribution in [-0.2, 0) is 16.0 Å². The largest absolute Gasteiger partial charge is 0.376 e. The molecule has 1 aromatic carbocycles. The van der Waals surface area contributed by atoms with Crippen LogP contribution in [0.1, 0.15) is 24.8 Å². The van der Waals surface area contributed by atoms with E-state index in [-0.39, 0.29) is 29.9 Å². The topological polar surface area (TPSA) is 41.6 Å². The van der Waals surface area contributed by atoms with E-state index in [1.165, 1.54) is 12.1 Å². The smallest absolute Gasteiger partial charge is 0.220 e. The van der Waals surface area contributed by atoms with E-state index in [1.807, 2.05) is 14.1 Å². The average Bonchev–Trinajstić information content (AvgIpc) is 2.90. The zero-order valence-corrected chi connectivity index (χ0v) is 13.8. The van der Waals surface area contributed by atoms with Crippen LogP contribution < -0.4 is 5.32 Å². The van der Waals surface area contributed by atoms with Crippen LogP contribution in [0.5, 0.6) is 0 Å². The first-order valence-electron chi connectivity index (χ1n) is 8.38. The first kappa shape index (κ1) is 16.4. The summed E-state index contributed by atoms with van der Waals surface area (Å²) in [4.78, 5) is 14.4. The van der Waals surface area contributed by atoms with Gasteiger partial charge >= 0.3 is 0 Å². The molecule has 0 radical (unpaired) electrons. The number of carbonyl (C=O) groups is 1. The van der Waals surface area contributed by atoms with Gasteiger partial charge in [0.1, 0.15) is 5.82 Å². The van der Waals surface area contributed by atoms with E-state index < -0.39 is 0 Å². The quantitative estimate of drug-likeness (QED) is 0.871. The van der Waals surface area contributed by atoms with Crippen LogP contribution in [0, 0.1) is 11.7 Å². The second-order valence-corrected chi connectivity index (χ2v) is 6.82. The number of hydrogen-bond donors (Lipinski definition) is 1. The molecule has 1 amide bonds. The number of carbonyl (C=O) groups excluding carboxylic acids is 1. The number of fused-ring (bicyclic) bond motifs is 1. The molecule has 1 aliphatic carbocycles. The fourth-order valence-corrected chi connectivity index (χ4v) is 3.85. The van der Waals surface area contributed by atoms with Crippen molar-refractivity contribution in [1.82, 2.24) is 10.2 Å². The molecule has 4 atom stereocenters. The van der Waals surface area contributed by atoms with Crippen molar-refractivity contribution in [2.45, 2.75) is 43.9 Å². The number of benzene rings is 1. The molecule has 126 valence electrons. The highest BCUT2D eigenvalue weighted by Crippen LogP contribution is 2.41. The Labute approximate surface area is 137 Å². The lowest BCUT2D eigenvalue weighted by Crippen LogP contribution is -2.69. The fourth-order valence-electron chi connectivity index (χ4n) is 3.85. The van der Waals surface area contributed by atoms with Crippen molar-refractivity contribution < 1.29 is 13.9 Å². The summed E-state index contributed by atoms with van der Waals surface area (Å²) in [6.45, 7) is 0.802. The monoisotopic (exact) mass is 320 g/mol. The molecule has 5 heteroatoms. The Kier molecular flexibility index (Phi) is 4.97. The van der Waals surface area contributed by atoms with Crippen molar-refractivity contribution in [2.75, 3.05) is 20.7 Å². The maximum Gasteiger partial charge on any atom is 0.220 e. The van der Waals surface area contributed by atoms with Crippen molar-refractivity contribution in [3.05, 3.63) is 35.6 Å². The van der Waals surface area contributed by atoms with Gasteiger partial charge in [0.2, 0.25) is 5.91 Å². The number of ether oxygens (including phenoxy) is 1. The molecule has 1 aromatic rings. The van der Waals surface area contributed by atoms with Gasteiger partial charge in [-0.15, -0.1) is 0 Å². The third-order valence-electron chi connectivity index (χ3n) is 5.06. The lowest BCUT2D eigenvalue weighted by atomic mass is 9.71. The summed E-state index contributed by atoms with van der Waals surface area (Å²) < 4.78 is 18.6. The molecule has 3 rings (SSSR count). The van der Waals surface area contributed by atoms with Crippen molar-refractivity contribution in [3.63, 3.8) is 0 Å². The number of hydrogen-bond acceptors (Lipinski definition) is 3. The summed E-state index contributed by atoms with van der Waals surface area (Å²) in [6, 6.07) is 6.97. The van der Waals surface area contributed by atoms with Crippen LogP contribution in [-0.4, -0.2) is 49.7 Å². The number of halogens is 1. The molecule has 23 heavy (non-hydrogen) atoms. The highest BCUT2D eigenvalue weighted by atomic mass is 19.1. The molecule has 0 aromatic heterocycles. The molecule has 0 spiro atoms. The van der Waals surface area contributed by atoms with E-state index in [9.17, 15) is 9.18 Å². The minimum atomic E-state index is -0.223. The number of nitrogens with zero attached hydrogens (tertiary/aromatic N) is 1. The third-order valence-corrected chi connectivity index (χ3v) is 5.06. The molecule has 0 bridgehead atoms. The van der Waals surface area contributed by atoms with Crippen molar-refractivity contribution in [2.24, 2.45) is 5.92 Å². The molecule has 1 heterocycles. The van der Waals surface area contributed by atoms with Crippen LogP contribution in [0.2, 0.25) is 0 Å². The van der Waals surface area contributed by atoms with E-state index in [0.717, 1.165) is 31.4 Å². The molecule has 1 N–H and O–H groups in total. The van der Waals surface area contributed by atoms with Gasteiger partial charge in [0.15, 0.2) is 0 Å². The number of amides is 1. The van der Waals surface area contributed by atoms with Gasteiger partial charge in [-0.25, -0.2) is 4.39 Å². The maximum atomic E-state index is 12.9. The minimum Gasteiger partial charge on any atom is -0.376 e. The second kappa shape index (κ2) is 6.97. The van der Waals surface area contributed by atoms with Gasteiger partial charge in [-0.3, -0.25) is 4.79 Å². The zero-order chi connectivity index (χ0) is 16.4. The predicted molar refractivity (Wildman–Crippen MR) is 86.6 cm³/mol. The van der Waals surface area contributed by atoms with Gasteiger partial charge in [0.05, 0.1) is 18.2 Å². The van der Waals surface area contributed by atoms with Crippen LogP contribution in [0.4, 0.5) is 4.39 Å². The first-order chi connectivity index (χ1) is 11.1. The molecule has 1 aliphatic heterocycles. The zero-order valence-electron chi connectivity index (χ0n) is 13.8. The summed E-state index contributed by atoms with van der Waals surface area (Å²) in [6.07, 6.45) is 3.39. The standard InChI is InChI=1S/C18H25FN2O2/c1-21(2)17-16(14-10-11-23-18(14)17)20-15(22)5-3-4-12-6-8-13(19)9-7-12/h6-9,14,16-18H,3-5,10-11H2,1-2H3,(H,20,22)/t14-,16+,17-,18-/m1/s1. The Balaban J connectivity index is 1.45. The van der Waals surface area contributed by atoms with Crippen LogP contribution in [0.3, 0.4) is 0 Å². The van der Waals surface area contributed by atoms with E-state index in [4.69, 9.17) is 4.74 Å². The molecule has 4 nitrogen and oxygen atoms in total. The summed E-state index contributed by atoms with van der Waals surface area (Å²) in [5.41, 5.74) is 1.07. The first-order valence-corrected chi connectivity index (χ1v) is 8.38. The van der Waals surface area contributed by atoms with Crippen molar-refractivity contribution in [3.8, 4) is 0 Å². The number of likely N-dealkylation sites (N-methyl/N-ethyl adjacent to an activating group) is 1. The molecule has 2 aliphatic rings. The molecule has 1 saturated heterocycles. The van der Waals surface area contributed by atoms with Gasteiger partial charge < -0.3 is 15.0 Å². The summed E-state index contributed by atoms with van der Waals surface area (Å²) in [5, 5.41) is 3.19. The summed E-state index contributed by atoms with van der Waals surface area (Å²) in [7, 11) is 4.08. The van der Waals surface area contributed by atoms with Crippen LogP contribution in [0.25, 0.3) is 0 Å². The van der Waals surface area contributed by atoms with E-state index in [0.29, 0.717) is 12.3 Å². The van der Waals surface area contributed by atoms with Crippen LogP contribution in [0.15, 0.2) is 24.3 Å². The lowest BCUT2D eigenvalue weighted by Gasteiger charge is -2.50. The molecular weight excluding hydrogens is 295 g/mol. The number of nitrogens with one attached hydrogen (secondary N) is 1. The second-order valence-electron chi connectivity index (χ2n) is 6.82. The van der Waals surface area contributed by atoms with Crippen molar-refractivity contribution in [1.29, 1.82) is 0 Å². The minimum absolute atomic E-state index is 0.106. The Morgan fingerprint density at radius 1 is 1.35 bits per heavy atom. The Bertz CT molecular complexity index is 546. The maximum absolute atomic E-state index is 12.9. The molecular formula is C18H25FN2O2. The van der Waals surface area contributed by atoms with Gasteiger partial charge in [0.25, 0.3) is 0 Å². The Morgan fingerprint density at radius 3 is 2.78 bits per heavy atom. The Morgan fingerprint density at radius 2 is 2.09 bits per heavy atom. The molecule has 2 fully saturated rings. The van der Waals surface area contributed by atoms with Gasteiger partial charge in [-0.05, 0) is 51.1 Å². The SMILES string of the molecule is CN(C)[C@@H]1[C@@H](NC(=O)CCCc2ccc(F)cc2)[C@H]2CCO[C@H]21. The lowest BCUT2D eigenvalue weighted by molar-refractivity contribution is -0.128.